The van der Waals surface area contributed by atoms with E-state index in [-0.39, 0.29) is 11.8 Å². The third-order valence-electron chi connectivity index (χ3n) is 8.46. The van der Waals surface area contributed by atoms with Gasteiger partial charge in [-0.1, -0.05) is 91.0 Å². The summed E-state index contributed by atoms with van der Waals surface area (Å²) in [7, 11) is 0. The van der Waals surface area contributed by atoms with Gasteiger partial charge in [-0.15, -0.1) is 0 Å². The molecule has 2 heterocycles. The highest BCUT2D eigenvalue weighted by molar-refractivity contribution is 5.99. The minimum atomic E-state index is -0.822. The summed E-state index contributed by atoms with van der Waals surface area (Å²) in [5.41, 5.74) is 2.33. The van der Waals surface area contributed by atoms with Gasteiger partial charge in [0.2, 0.25) is 11.8 Å². The molecule has 1 unspecified atom stereocenters. The summed E-state index contributed by atoms with van der Waals surface area (Å²) in [4.78, 5) is 31.8. The fourth-order valence-electron chi connectivity index (χ4n) is 6.04. The van der Waals surface area contributed by atoms with Crippen LogP contribution in [0.2, 0.25) is 0 Å². The van der Waals surface area contributed by atoms with Crippen molar-refractivity contribution in [3.05, 3.63) is 108 Å². The second-order valence-corrected chi connectivity index (χ2v) is 10.8. The molecule has 37 heavy (non-hydrogen) atoms. The van der Waals surface area contributed by atoms with Crippen LogP contribution in [0.5, 0.6) is 0 Å². The minimum Gasteiger partial charge on any atom is -0.343 e. The number of carbonyl (C=O) groups excluding carboxylic acids is 2. The van der Waals surface area contributed by atoms with E-state index in [1.807, 2.05) is 47.4 Å². The monoisotopic (exact) mass is 495 g/mol. The molecule has 0 saturated carbocycles. The van der Waals surface area contributed by atoms with Gasteiger partial charge in [-0.25, -0.2) is 0 Å². The smallest absolute Gasteiger partial charge is 0.246 e. The summed E-state index contributed by atoms with van der Waals surface area (Å²) < 4.78 is 0. The van der Waals surface area contributed by atoms with E-state index < -0.39 is 17.0 Å². The highest BCUT2D eigenvalue weighted by Gasteiger charge is 2.54. The molecule has 5 heteroatoms. The van der Waals surface area contributed by atoms with E-state index in [1.54, 1.807) is 6.92 Å². The summed E-state index contributed by atoms with van der Waals surface area (Å²) in [6, 6.07) is 30.7. The van der Waals surface area contributed by atoms with Gasteiger partial charge >= 0.3 is 0 Å². The molecule has 1 atom stereocenters. The summed E-state index contributed by atoms with van der Waals surface area (Å²) >= 11 is 0. The van der Waals surface area contributed by atoms with E-state index in [1.165, 1.54) is 5.56 Å². The van der Waals surface area contributed by atoms with Crippen molar-refractivity contribution in [1.82, 2.24) is 15.1 Å². The molecule has 2 amide bonds. The molecule has 2 aliphatic heterocycles. The number of hydrogen-bond donors (Lipinski definition) is 1. The van der Waals surface area contributed by atoms with Crippen molar-refractivity contribution in [1.29, 1.82) is 0 Å². The Kier molecular flexibility index (Phi) is 7.16. The minimum absolute atomic E-state index is 0.00853. The molecular formula is C32H37N3O2. The van der Waals surface area contributed by atoms with Crippen LogP contribution in [0.25, 0.3) is 0 Å². The van der Waals surface area contributed by atoms with Crippen LogP contribution in [-0.2, 0) is 21.4 Å². The van der Waals surface area contributed by atoms with Gasteiger partial charge in [0.1, 0.15) is 11.6 Å². The number of nitrogens with zero attached hydrogens (tertiary/aromatic N) is 2. The SMILES string of the molecule is CC1NC(=O)C2(CCN(CCc3ccccc3)CC2)N(CC(C)(c2ccccc2)c2ccccc2)C1=O. The number of amides is 2. The Morgan fingerprint density at radius 1 is 0.838 bits per heavy atom. The lowest BCUT2D eigenvalue weighted by molar-refractivity contribution is -0.161. The van der Waals surface area contributed by atoms with E-state index in [0.717, 1.165) is 37.2 Å². The zero-order chi connectivity index (χ0) is 25.9. The maximum Gasteiger partial charge on any atom is 0.246 e. The zero-order valence-corrected chi connectivity index (χ0v) is 21.9. The third-order valence-corrected chi connectivity index (χ3v) is 8.46. The number of piperidine rings is 1. The largest absolute Gasteiger partial charge is 0.343 e. The Hall–Kier alpha value is -3.44. The van der Waals surface area contributed by atoms with Crippen molar-refractivity contribution < 1.29 is 9.59 Å². The molecule has 0 aliphatic carbocycles. The van der Waals surface area contributed by atoms with E-state index in [4.69, 9.17) is 0 Å². The van der Waals surface area contributed by atoms with Crippen LogP contribution in [-0.4, -0.2) is 59.4 Å². The average molecular weight is 496 g/mol. The lowest BCUT2D eigenvalue weighted by atomic mass is 9.73. The molecular weight excluding hydrogens is 458 g/mol. The second kappa shape index (κ2) is 10.5. The number of hydrogen-bond acceptors (Lipinski definition) is 3. The van der Waals surface area contributed by atoms with Gasteiger partial charge in [-0.05, 0) is 49.8 Å². The standard InChI is InChI=1S/C32H37N3O2/c1-25-29(36)35(24-31(2,27-14-8-4-9-15-27)28-16-10-5-11-17-28)32(30(37)33-25)19-22-34(23-20-32)21-18-26-12-6-3-7-13-26/h3-17,25H,18-24H2,1-2H3,(H,33,37). The molecule has 3 aromatic rings. The summed E-state index contributed by atoms with van der Waals surface area (Å²) in [5, 5.41) is 3.01. The molecule has 192 valence electrons. The molecule has 2 saturated heterocycles. The number of piperazine rings is 1. The molecule has 5 rings (SSSR count). The first-order chi connectivity index (χ1) is 17.9. The predicted octanol–water partition coefficient (Wildman–Crippen LogP) is 4.42. The van der Waals surface area contributed by atoms with Gasteiger partial charge in [0.25, 0.3) is 0 Å². The Bertz CT molecular complexity index is 1170. The van der Waals surface area contributed by atoms with Gasteiger partial charge in [0, 0.05) is 31.6 Å². The predicted molar refractivity (Wildman–Crippen MR) is 147 cm³/mol. The molecule has 0 radical (unpaired) electrons. The highest BCUT2D eigenvalue weighted by atomic mass is 16.2. The molecule has 0 aromatic heterocycles. The first-order valence-electron chi connectivity index (χ1n) is 13.4. The quantitative estimate of drug-likeness (QED) is 0.528. The van der Waals surface area contributed by atoms with E-state index in [0.29, 0.717) is 19.4 Å². The van der Waals surface area contributed by atoms with Crippen molar-refractivity contribution >= 4 is 11.8 Å². The molecule has 2 fully saturated rings. The van der Waals surface area contributed by atoms with Crippen LogP contribution in [0.15, 0.2) is 91.0 Å². The maximum absolute atomic E-state index is 13.8. The molecule has 5 nitrogen and oxygen atoms in total. The maximum atomic E-state index is 13.8. The van der Waals surface area contributed by atoms with Crippen LogP contribution in [0.3, 0.4) is 0 Å². The second-order valence-electron chi connectivity index (χ2n) is 10.8. The van der Waals surface area contributed by atoms with Crippen LogP contribution in [0.1, 0.15) is 43.4 Å². The fraction of sp³-hybridized carbons (Fsp3) is 0.375. The van der Waals surface area contributed by atoms with Crippen molar-refractivity contribution in [2.45, 2.75) is 50.1 Å². The molecule has 1 N–H and O–H groups in total. The Morgan fingerprint density at radius 2 is 1.35 bits per heavy atom. The number of carbonyl (C=O) groups is 2. The Labute approximate surface area is 220 Å². The normalized spacial score (nSPS) is 20.2. The number of likely N-dealkylation sites (tertiary alicyclic amines) is 1. The van der Waals surface area contributed by atoms with Gasteiger partial charge in [0.05, 0.1) is 0 Å². The first-order valence-corrected chi connectivity index (χ1v) is 13.4. The lowest BCUT2D eigenvalue weighted by Crippen LogP contribution is -2.73. The van der Waals surface area contributed by atoms with Gasteiger partial charge in [0.15, 0.2) is 0 Å². The van der Waals surface area contributed by atoms with Crippen molar-refractivity contribution in [3.8, 4) is 0 Å². The van der Waals surface area contributed by atoms with E-state index in [9.17, 15) is 9.59 Å². The molecule has 2 aliphatic rings. The summed E-state index contributed by atoms with van der Waals surface area (Å²) in [6.45, 7) is 7.01. The summed E-state index contributed by atoms with van der Waals surface area (Å²) in [5.74, 6) is 0.00112. The van der Waals surface area contributed by atoms with Crippen molar-refractivity contribution in [2.75, 3.05) is 26.2 Å². The fourth-order valence-corrected chi connectivity index (χ4v) is 6.04. The third kappa shape index (κ3) is 4.93. The molecule has 1 spiro atoms. The van der Waals surface area contributed by atoms with Crippen molar-refractivity contribution in [3.63, 3.8) is 0 Å². The Morgan fingerprint density at radius 3 is 1.89 bits per heavy atom. The first kappa shape index (κ1) is 25.2. The number of nitrogens with one attached hydrogen (secondary N) is 1. The number of benzene rings is 3. The number of rotatable bonds is 7. The van der Waals surface area contributed by atoms with Crippen molar-refractivity contribution in [2.24, 2.45) is 0 Å². The average Bonchev–Trinajstić information content (AvgIpc) is 2.95. The summed E-state index contributed by atoms with van der Waals surface area (Å²) in [6.07, 6.45) is 2.28. The lowest BCUT2D eigenvalue weighted by Gasteiger charge is -2.53. The van der Waals surface area contributed by atoms with Crippen LogP contribution in [0, 0.1) is 0 Å². The van der Waals surface area contributed by atoms with Gasteiger partial charge in [-0.2, -0.15) is 0 Å². The Balaban J connectivity index is 1.42. The van der Waals surface area contributed by atoms with E-state index in [2.05, 4.69) is 65.7 Å². The van der Waals surface area contributed by atoms with Gasteiger partial charge < -0.3 is 15.1 Å². The van der Waals surface area contributed by atoms with E-state index >= 15 is 0 Å². The molecule has 3 aromatic carbocycles. The molecule has 0 bridgehead atoms. The van der Waals surface area contributed by atoms with Crippen LogP contribution < -0.4 is 5.32 Å². The van der Waals surface area contributed by atoms with Crippen LogP contribution in [0.4, 0.5) is 0 Å². The topological polar surface area (TPSA) is 52.7 Å². The van der Waals surface area contributed by atoms with Gasteiger partial charge in [-0.3, -0.25) is 9.59 Å². The zero-order valence-electron chi connectivity index (χ0n) is 21.9. The van der Waals surface area contributed by atoms with Crippen LogP contribution >= 0.6 is 0 Å². The highest BCUT2D eigenvalue weighted by Crippen LogP contribution is 2.39.